The second-order valence-corrected chi connectivity index (χ2v) is 5.43. The predicted octanol–water partition coefficient (Wildman–Crippen LogP) is 3.46. The summed E-state index contributed by atoms with van der Waals surface area (Å²) in [6.07, 6.45) is 3.60. The smallest absolute Gasteiger partial charge is 0.225 e. The van der Waals surface area contributed by atoms with Gasteiger partial charge in [-0.3, -0.25) is 4.98 Å². The van der Waals surface area contributed by atoms with Crippen molar-refractivity contribution in [3.05, 3.63) is 54.4 Å². The maximum Gasteiger partial charge on any atom is 0.225 e. The molecule has 0 radical (unpaired) electrons. The highest BCUT2D eigenvalue weighted by molar-refractivity contribution is 5.90. The van der Waals surface area contributed by atoms with Crippen molar-refractivity contribution < 1.29 is 0 Å². The van der Waals surface area contributed by atoms with Gasteiger partial charge in [-0.05, 0) is 37.6 Å². The van der Waals surface area contributed by atoms with E-state index >= 15 is 0 Å². The molecule has 0 bridgehead atoms. The van der Waals surface area contributed by atoms with E-state index in [0.717, 1.165) is 22.3 Å². The summed E-state index contributed by atoms with van der Waals surface area (Å²) in [5.41, 5.74) is 2.02. The monoisotopic (exact) mass is 293 g/mol. The van der Waals surface area contributed by atoms with E-state index in [1.54, 1.807) is 6.20 Å². The van der Waals surface area contributed by atoms with Gasteiger partial charge in [0, 0.05) is 30.4 Å². The molecule has 3 aromatic rings. The average Bonchev–Trinajstić information content (AvgIpc) is 2.53. The van der Waals surface area contributed by atoms with Gasteiger partial charge in [0.2, 0.25) is 5.95 Å². The second kappa shape index (κ2) is 6.39. The van der Waals surface area contributed by atoms with E-state index in [0.29, 0.717) is 18.5 Å². The zero-order valence-electron chi connectivity index (χ0n) is 12.7. The Bertz CT molecular complexity index is 755. The van der Waals surface area contributed by atoms with Gasteiger partial charge < -0.3 is 10.6 Å². The van der Waals surface area contributed by atoms with Gasteiger partial charge >= 0.3 is 0 Å². The quantitative estimate of drug-likeness (QED) is 0.754. The fourth-order valence-corrected chi connectivity index (χ4v) is 2.22. The molecule has 2 aromatic heterocycles. The Kier molecular flexibility index (Phi) is 4.14. The lowest BCUT2D eigenvalue weighted by atomic mass is 10.2. The van der Waals surface area contributed by atoms with Gasteiger partial charge in [-0.2, -0.15) is 4.98 Å². The van der Waals surface area contributed by atoms with Crippen LogP contribution in [-0.2, 0) is 6.54 Å². The molecule has 1 aromatic carbocycles. The molecule has 0 unspecified atom stereocenters. The zero-order chi connectivity index (χ0) is 15.4. The van der Waals surface area contributed by atoms with Crippen molar-refractivity contribution in [1.82, 2.24) is 15.0 Å². The molecular formula is C17H19N5. The standard InChI is InChI=1S/C17H19N5/c1-12(2)20-16-14-7-3-4-8-15(14)21-17(22-16)19-11-13-6-5-9-18-10-13/h3-10,12H,11H2,1-2H3,(H2,19,20,21,22). The molecule has 5 heteroatoms. The van der Waals surface area contributed by atoms with Gasteiger partial charge in [0.15, 0.2) is 0 Å². The summed E-state index contributed by atoms with van der Waals surface area (Å²) in [5, 5.41) is 7.68. The molecule has 5 nitrogen and oxygen atoms in total. The van der Waals surface area contributed by atoms with Crippen LogP contribution in [0.15, 0.2) is 48.8 Å². The van der Waals surface area contributed by atoms with Crippen LogP contribution in [0.4, 0.5) is 11.8 Å². The Balaban J connectivity index is 1.89. The molecule has 2 N–H and O–H groups in total. The van der Waals surface area contributed by atoms with Crippen LogP contribution in [0.25, 0.3) is 10.9 Å². The Morgan fingerprint density at radius 1 is 1.05 bits per heavy atom. The zero-order valence-corrected chi connectivity index (χ0v) is 12.7. The van der Waals surface area contributed by atoms with Crippen molar-refractivity contribution in [3.8, 4) is 0 Å². The molecule has 0 saturated carbocycles. The van der Waals surface area contributed by atoms with Crippen LogP contribution in [0.3, 0.4) is 0 Å². The van der Waals surface area contributed by atoms with E-state index in [-0.39, 0.29) is 0 Å². The first-order valence-corrected chi connectivity index (χ1v) is 7.38. The molecule has 0 spiro atoms. The van der Waals surface area contributed by atoms with E-state index in [4.69, 9.17) is 0 Å². The number of rotatable bonds is 5. The van der Waals surface area contributed by atoms with Gasteiger partial charge in [-0.1, -0.05) is 18.2 Å². The molecule has 0 atom stereocenters. The second-order valence-electron chi connectivity index (χ2n) is 5.43. The lowest BCUT2D eigenvalue weighted by Gasteiger charge is -2.13. The van der Waals surface area contributed by atoms with Crippen LogP contribution in [0.2, 0.25) is 0 Å². The van der Waals surface area contributed by atoms with Crippen LogP contribution >= 0.6 is 0 Å². The summed E-state index contributed by atoms with van der Waals surface area (Å²) in [6, 6.07) is 12.3. The number of benzene rings is 1. The third-order valence-electron chi connectivity index (χ3n) is 3.20. The molecule has 3 rings (SSSR count). The van der Waals surface area contributed by atoms with Crippen LogP contribution in [-0.4, -0.2) is 21.0 Å². The van der Waals surface area contributed by atoms with E-state index in [1.165, 1.54) is 0 Å². The molecule has 2 heterocycles. The number of fused-ring (bicyclic) bond motifs is 1. The molecule has 0 aliphatic rings. The van der Waals surface area contributed by atoms with E-state index in [2.05, 4.69) is 39.4 Å². The topological polar surface area (TPSA) is 62.7 Å². The van der Waals surface area contributed by atoms with Crippen molar-refractivity contribution in [2.24, 2.45) is 0 Å². The first-order chi connectivity index (χ1) is 10.7. The summed E-state index contributed by atoms with van der Waals surface area (Å²) in [7, 11) is 0. The summed E-state index contributed by atoms with van der Waals surface area (Å²) in [6.45, 7) is 4.84. The van der Waals surface area contributed by atoms with Crippen LogP contribution in [0.1, 0.15) is 19.4 Å². The number of nitrogens with one attached hydrogen (secondary N) is 2. The number of hydrogen-bond acceptors (Lipinski definition) is 5. The molecule has 0 amide bonds. The molecule has 112 valence electrons. The fraction of sp³-hybridized carbons (Fsp3) is 0.235. The maximum absolute atomic E-state index is 4.60. The highest BCUT2D eigenvalue weighted by Crippen LogP contribution is 2.22. The minimum Gasteiger partial charge on any atom is -0.367 e. The average molecular weight is 293 g/mol. The molecular weight excluding hydrogens is 274 g/mol. The Morgan fingerprint density at radius 3 is 2.68 bits per heavy atom. The minimum absolute atomic E-state index is 0.310. The third-order valence-corrected chi connectivity index (χ3v) is 3.20. The van der Waals surface area contributed by atoms with Gasteiger partial charge in [-0.15, -0.1) is 0 Å². The highest BCUT2D eigenvalue weighted by atomic mass is 15.1. The van der Waals surface area contributed by atoms with E-state index in [9.17, 15) is 0 Å². The van der Waals surface area contributed by atoms with Crippen LogP contribution < -0.4 is 10.6 Å². The fourth-order valence-electron chi connectivity index (χ4n) is 2.22. The highest BCUT2D eigenvalue weighted by Gasteiger charge is 2.08. The van der Waals surface area contributed by atoms with Crippen molar-refractivity contribution >= 4 is 22.7 Å². The van der Waals surface area contributed by atoms with E-state index in [1.807, 2.05) is 42.6 Å². The van der Waals surface area contributed by atoms with Gasteiger partial charge in [-0.25, -0.2) is 4.98 Å². The number of nitrogens with zero attached hydrogens (tertiary/aromatic N) is 3. The first-order valence-electron chi connectivity index (χ1n) is 7.38. The molecule has 22 heavy (non-hydrogen) atoms. The Hall–Kier alpha value is -2.69. The summed E-state index contributed by atoms with van der Waals surface area (Å²) in [4.78, 5) is 13.3. The Morgan fingerprint density at radius 2 is 1.91 bits per heavy atom. The lowest BCUT2D eigenvalue weighted by Crippen LogP contribution is -2.13. The summed E-state index contributed by atoms with van der Waals surface area (Å²) < 4.78 is 0. The third kappa shape index (κ3) is 3.31. The predicted molar refractivity (Wildman–Crippen MR) is 89.9 cm³/mol. The number of aromatic nitrogens is 3. The largest absolute Gasteiger partial charge is 0.367 e. The van der Waals surface area contributed by atoms with Crippen molar-refractivity contribution in [1.29, 1.82) is 0 Å². The first kappa shape index (κ1) is 14.3. The number of para-hydroxylation sites is 1. The maximum atomic E-state index is 4.60. The molecule has 0 aliphatic heterocycles. The Labute approximate surface area is 129 Å². The number of hydrogen-bond donors (Lipinski definition) is 2. The van der Waals surface area contributed by atoms with Crippen LogP contribution in [0, 0.1) is 0 Å². The number of pyridine rings is 1. The lowest BCUT2D eigenvalue weighted by molar-refractivity contribution is 0.889. The van der Waals surface area contributed by atoms with Crippen molar-refractivity contribution in [2.45, 2.75) is 26.4 Å². The summed E-state index contributed by atoms with van der Waals surface area (Å²) in [5.74, 6) is 1.47. The normalized spacial score (nSPS) is 10.9. The SMILES string of the molecule is CC(C)Nc1nc(NCc2cccnc2)nc2ccccc12. The minimum atomic E-state index is 0.310. The van der Waals surface area contributed by atoms with Gasteiger partial charge in [0.05, 0.1) is 5.52 Å². The van der Waals surface area contributed by atoms with Gasteiger partial charge in [0.1, 0.15) is 5.82 Å². The van der Waals surface area contributed by atoms with Gasteiger partial charge in [0.25, 0.3) is 0 Å². The molecule has 0 saturated heterocycles. The number of anilines is 2. The van der Waals surface area contributed by atoms with Crippen molar-refractivity contribution in [3.63, 3.8) is 0 Å². The molecule has 0 fully saturated rings. The van der Waals surface area contributed by atoms with E-state index < -0.39 is 0 Å². The van der Waals surface area contributed by atoms with Crippen molar-refractivity contribution in [2.75, 3.05) is 10.6 Å². The van der Waals surface area contributed by atoms with Crippen LogP contribution in [0.5, 0.6) is 0 Å². The summed E-state index contributed by atoms with van der Waals surface area (Å²) >= 11 is 0. The molecule has 0 aliphatic carbocycles.